The molecule has 0 radical (unpaired) electrons. The molecule has 0 saturated carbocycles. The van der Waals surface area contributed by atoms with E-state index in [9.17, 15) is 4.79 Å². The maximum absolute atomic E-state index is 12.3. The molecule has 5 rings (SSSR count). The van der Waals surface area contributed by atoms with E-state index in [1.807, 2.05) is 23.0 Å². The van der Waals surface area contributed by atoms with Gasteiger partial charge in [-0.15, -0.1) is 0 Å². The molecular weight excluding hydrogens is 372 g/mol. The fourth-order valence-corrected chi connectivity index (χ4v) is 6.14. The zero-order valence-electron chi connectivity index (χ0n) is 16.3. The van der Waals surface area contributed by atoms with Crippen molar-refractivity contribution >= 4 is 17.2 Å². The van der Waals surface area contributed by atoms with Crippen molar-refractivity contribution in [3.8, 4) is 0 Å². The highest BCUT2D eigenvalue weighted by Crippen LogP contribution is 2.54. The zero-order valence-corrected chi connectivity index (χ0v) is 17.2. The third-order valence-electron chi connectivity index (χ3n) is 6.89. The van der Waals surface area contributed by atoms with Crippen LogP contribution in [0.1, 0.15) is 24.1 Å². The summed E-state index contributed by atoms with van der Waals surface area (Å²) in [6.45, 7) is 6.87. The maximum atomic E-state index is 12.3. The smallest absolute Gasteiger partial charge is 0.224 e. The van der Waals surface area contributed by atoms with Crippen LogP contribution in [-0.2, 0) is 22.5 Å². The zero-order chi connectivity index (χ0) is 19.1. The van der Waals surface area contributed by atoms with Gasteiger partial charge in [-0.25, -0.2) is 0 Å². The number of hydrogen-bond acceptors (Lipinski definition) is 5. The monoisotopic (exact) mass is 400 g/mol. The minimum absolute atomic E-state index is 0.0204. The number of nitrogens with one attached hydrogen (secondary N) is 1. The van der Waals surface area contributed by atoms with Gasteiger partial charge >= 0.3 is 0 Å². The van der Waals surface area contributed by atoms with Crippen molar-refractivity contribution in [1.82, 2.24) is 20.0 Å². The van der Waals surface area contributed by atoms with Crippen LogP contribution in [0.2, 0.25) is 0 Å². The molecule has 3 aliphatic heterocycles. The molecule has 2 bridgehead atoms. The molecule has 1 spiro atoms. The van der Waals surface area contributed by atoms with Crippen LogP contribution in [-0.4, -0.2) is 58.5 Å². The number of thiophene rings is 1. The molecule has 0 aliphatic carbocycles. The Balaban J connectivity index is 1.17. The summed E-state index contributed by atoms with van der Waals surface area (Å²) >= 11 is 1.64. The third kappa shape index (κ3) is 3.29. The van der Waals surface area contributed by atoms with Gasteiger partial charge in [0.25, 0.3) is 0 Å². The molecule has 0 aromatic carbocycles. The number of likely N-dealkylation sites (tertiary alicyclic amines) is 1. The Bertz CT molecular complexity index is 835. The molecule has 2 aromatic heterocycles. The Labute approximate surface area is 169 Å². The summed E-state index contributed by atoms with van der Waals surface area (Å²) in [5.41, 5.74) is 2.33. The lowest BCUT2D eigenvalue weighted by Crippen LogP contribution is -2.42. The van der Waals surface area contributed by atoms with Gasteiger partial charge in [0, 0.05) is 49.9 Å². The second-order valence-electron chi connectivity index (χ2n) is 8.57. The second-order valence-corrected chi connectivity index (χ2v) is 9.35. The number of carbonyl (C=O) groups is 1. The number of hydrogen-bond donors (Lipinski definition) is 1. The Morgan fingerprint density at radius 2 is 2.36 bits per heavy atom. The first-order valence-corrected chi connectivity index (χ1v) is 11.2. The molecule has 3 saturated heterocycles. The summed E-state index contributed by atoms with van der Waals surface area (Å²) in [5, 5.41) is 11.7. The summed E-state index contributed by atoms with van der Waals surface area (Å²) in [7, 11) is 0. The largest absolute Gasteiger partial charge is 0.370 e. The molecule has 3 aliphatic rings. The Morgan fingerprint density at radius 1 is 1.43 bits per heavy atom. The molecule has 4 atom stereocenters. The van der Waals surface area contributed by atoms with Crippen molar-refractivity contribution in [2.24, 2.45) is 11.8 Å². The highest BCUT2D eigenvalue weighted by atomic mass is 32.1. The van der Waals surface area contributed by atoms with Gasteiger partial charge in [0.05, 0.1) is 24.7 Å². The number of ether oxygens (including phenoxy) is 1. The molecule has 1 amide bonds. The molecule has 6 nitrogen and oxygen atoms in total. The lowest BCUT2D eigenvalue weighted by Gasteiger charge is -2.29. The first-order valence-electron chi connectivity index (χ1n) is 10.3. The summed E-state index contributed by atoms with van der Waals surface area (Å²) in [6.07, 6.45) is 4.97. The first-order chi connectivity index (χ1) is 13.6. The molecule has 150 valence electrons. The van der Waals surface area contributed by atoms with E-state index in [4.69, 9.17) is 4.74 Å². The molecule has 28 heavy (non-hydrogen) atoms. The van der Waals surface area contributed by atoms with Crippen molar-refractivity contribution in [3.05, 3.63) is 40.3 Å². The van der Waals surface area contributed by atoms with Crippen LogP contribution in [0, 0.1) is 18.8 Å². The van der Waals surface area contributed by atoms with Crippen LogP contribution in [0.3, 0.4) is 0 Å². The predicted octanol–water partition coefficient (Wildman–Crippen LogP) is 2.09. The fraction of sp³-hybridized carbons (Fsp3) is 0.619. The second kappa shape index (κ2) is 7.28. The van der Waals surface area contributed by atoms with Crippen molar-refractivity contribution in [2.45, 2.75) is 44.4 Å². The van der Waals surface area contributed by atoms with Crippen LogP contribution in [0.4, 0.5) is 0 Å². The van der Waals surface area contributed by atoms with Gasteiger partial charge < -0.3 is 10.1 Å². The van der Waals surface area contributed by atoms with Crippen LogP contribution < -0.4 is 5.32 Å². The van der Waals surface area contributed by atoms with Gasteiger partial charge in [-0.1, -0.05) is 0 Å². The molecule has 3 fully saturated rings. The number of rotatable bonds is 7. The van der Waals surface area contributed by atoms with E-state index in [0.29, 0.717) is 24.4 Å². The van der Waals surface area contributed by atoms with Gasteiger partial charge in [-0.3, -0.25) is 14.4 Å². The summed E-state index contributed by atoms with van der Waals surface area (Å²) in [4.78, 5) is 14.9. The number of fused-ring (bicyclic) bond motifs is 1. The van der Waals surface area contributed by atoms with E-state index in [2.05, 4.69) is 33.0 Å². The summed E-state index contributed by atoms with van der Waals surface area (Å²) in [6, 6.07) is 4.08. The van der Waals surface area contributed by atoms with Gasteiger partial charge in [-0.05, 0) is 48.2 Å². The standard InChI is InChI=1S/C21H28N4O2S/c1-15-3-6-23-25(15)8-7-24-12-18-17(19-2-5-21(18,14-24)27-19)11-22-20(26)10-16-4-9-28-13-16/h3-4,6,9,13,17-19H,2,5,7-8,10-12,14H2,1H3,(H,22,26)/t17-,18+,19+,21+/m0/s1. The van der Waals surface area contributed by atoms with Crippen molar-refractivity contribution in [2.75, 3.05) is 26.2 Å². The van der Waals surface area contributed by atoms with Crippen LogP contribution in [0.5, 0.6) is 0 Å². The lowest BCUT2D eigenvalue weighted by atomic mass is 9.73. The van der Waals surface area contributed by atoms with Gasteiger partial charge in [0.1, 0.15) is 0 Å². The highest BCUT2D eigenvalue weighted by Gasteiger charge is 2.62. The molecule has 2 aromatic rings. The quantitative estimate of drug-likeness (QED) is 0.773. The van der Waals surface area contributed by atoms with E-state index in [1.54, 1.807) is 11.3 Å². The summed E-state index contributed by atoms with van der Waals surface area (Å²) < 4.78 is 8.59. The molecule has 0 unspecified atom stereocenters. The van der Waals surface area contributed by atoms with E-state index < -0.39 is 0 Å². The van der Waals surface area contributed by atoms with E-state index in [-0.39, 0.29) is 11.5 Å². The van der Waals surface area contributed by atoms with E-state index in [0.717, 1.165) is 44.7 Å². The first kappa shape index (κ1) is 18.3. The van der Waals surface area contributed by atoms with Crippen LogP contribution in [0.25, 0.3) is 0 Å². The third-order valence-corrected chi connectivity index (χ3v) is 7.62. The minimum atomic E-state index is 0.0204. The maximum Gasteiger partial charge on any atom is 0.224 e. The average molecular weight is 401 g/mol. The van der Waals surface area contributed by atoms with E-state index in [1.165, 1.54) is 12.1 Å². The van der Waals surface area contributed by atoms with Crippen molar-refractivity contribution in [3.63, 3.8) is 0 Å². The Hall–Kier alpha value is -1.70. The Morgan fingerprint density at radius 3 is 3.14 bits per heavy atom. The van der Waals surface area contributed by atoms with Crippen molar-refractivity contribution in [1.29, 1.82) is 0 Å². The topological polar surface area (TPSA) is 59.4 Å². The molecular formula is C21H28N4O2S. The van der Waals surface area contributed by atoms with Gasteiger partial charge in [-0.2, -0.15) is 16.4 Å². The van der Waals surface area contributed by atoms with E-state index >= 15 is 0 Å². The van der Waals surface area contributed by atoms with Gasteiger partial charge in [0.15, 0.2) is 0 Å². The number of carbonyl (C=O) groups excluding carboxylic acids is 1. The van der Waals surface area contributed by atoms with Crippen LogP contribution >= 0.6 is 11.3 Å². The molecule has 1 N–H and O–H groups in total. The molecule has 7 heteroatoms. The normalized spacial score (nSPS) is 31.4. The highest BCUT2D eigenvalue weighted by molar-refractivity contribution is 7.08. The molecule has 5 heterocycles. The predicted molar refractivity (Wildman–Crippen MR) is 108 cm³/mol. The number of amides is 1. The van der Waals surface area contributed by atoms with Crippen LogP contribution in [0.15, 0.2) is 29.1 Å². The van der Waals surface area contributed by atoms with Crippen molar-refractivity contribution < 1.29 is 9.53 Å². The number of aromatic nitrogens is 2. The van der Waals surface area contributed by atoms with Gasteiger partial charge in [0.2, 0.25) is 5.91 Å². The minimum Gasteiger partial charge on any atom is -0.370 e. The number of nitrogens with zero attached hydrogens (tertiary/aromatic N) is 3. The number of aryl methyl sites for hydroxylation is 1. The lowest BCUT2D eigenvalue weighted by molar-refractivity contribution is -0.120. The average Bonchev–Trinajstić information content (AvgIpc) is 3.46. The summed E-state index contributed by atoms with van der Waals surface area (Å²) in [5.74, 6) is 1.10. The fourth-order valence-electron chi connectivity index (χ4n) is 5.47. The SMILES string of the molecule is Cc1ccnn1CCN1C[C@@H]2[C@H](CNC(=O)Cc3ccsc3)[C@H]3CC[C@]2(C1)O3. The Kier molecular flexibility index (Phi) is 4.77.